The molecule has 198 valence electrons. The molecule has 0 radical (unpaired) electrons. The van der Waals surface area contributed by atoms with Gasteiger partial charge in [0.05, 0.1) is 0 Å². The number of aromatic nitrogens is 1. The number of benzene rings is 2. The Morgan fingerprint density at radius 1 is 0.486 bits per heavy atom. The Balaban J connectivity index is 2.12. The zero-order valence-corrected chi connectivity index (χ0v) is 27.4. The van der Waals surface area contributed by atoms with Crippen molar-refractivity contribution in [2.75, 3.05) is 0 Å². The van der Waals surface area contributed by atoms with E-state index in [1.165, 1.54) is 21.8 Å². The van der Waals surface area contributed by atoms with Crippen LogP contribution in [0, 0.1) is 22.9 Å². The Morgan fingerprint density at radius 3 is 1.05 bits per heavy atom. The van der Waals surface area contributed by atoms with Gasteiger partial charge in [-0.2, -0.15) is 0 Å². The van der Waals surface area contributed by atoms with Gasteiger partial charge in [-0.25, -0.2) is 0 Å². The molecule has 0 amide bonds. The third kappa shape index (κ3) is 5.37. The molecular formula is C34H49NSi2. The zero-order valence-electron chi connectivity index (χ0n) is 25.4. The monoisotopic (exact) mass is 527 g/mol. The molecule has 0 aliphatic carbocycles. The van der Waals surface area contributed by atoms with Gasteiger partial charge in [0.1, 0.15) is 16.1 Å². The van der Waals surface area contributed by atoms with Gasteiger partial charge in [0.25, 0.3) is 0 Å². The number of hydrogen-bond donors (Lipinski definition) is 1. The summed E-state index contributed by atoms with van der Waals surface area (Å²) in [6, 6.07) is 13.3. The Kier molecular flexibility index (Phi) is 8.94. The molecular weight excluding hydrogens is 479 g/mol. The normalized spacial score (nSPS) is 12.8. The second-order valence-corrected chi connectivity index (χ2v) is 24.1. The largest absolute Gasteiger partial charge is 0.355 e. The molecule has 1 N–H and O–H groups in total. The maximum absolute atomic E-state index is 3.89. The van der Waals surface area contributed by atoms with E-state index in [0.717, 1.165) is 11.1 Å². The van der Waals surface area contributed by atoms with Gasteiger partial charge in [-0.1, -0.05) is 94.9 Å². The van der Waals surface area contributed by atoms with Crippen LogP contribution in [-0.4, -0.2) is 21.1 Å². The molecule has 0 bridgehead atoms. The van der Waals surface area contributed by atoms with Crippen molar-refractivity contribution in [1.29, 1.82) is 0 Å². The van der Waals surface area contributed by atoms with E-state index in [1.807, 2.05) is 0 Å². The second-order valence-electron chi connectivity index (χ2n) is 12.9. The van der Waals surface area contributed by atoms with E-state index in [2.05, 4.69) is 147 Å². The number of rotatable bonds is 6. The van der Waals surface area contributed by atoms with Gasteiger partial charge in [-0.05, 0) is 69.6 Å². The molecule has 3 rings (SSSR count). The predicted octanol–water partition coefficient (Wildman–Crippen LogP) is 10.5. The van der Waals surface area contributed by atoms with E-state index in [9.17, 15) is 0 Å². The smallest absolute Gasteiger partial charge is 0.146 e. The molecule has 0 saturated carbocycles. The summed E-state index contributed by atoms with van der Waals surface area (Å²) in [6.07, 6.45) is 0. The van der Waals surface area contributed by atoms with Crippen LogP contribution in [0.1, 0.15) is 94.2 Å². The van der Waals surface area contributed by atoms with Crippen LogP contribution in [0.5, 0.6) is 0 Å². The van der Waals surface area contributed by atoms with E-state index in [-0.39, 0.29) is 0 Å². The summed E-state index contributed by atoms with van der Waals surface area (Å²) in [5, 5.41) is 2.49. The molecule has 0 spiro atoms. The summed E-state index contributed by atoms with van der Waals surface area (Å²) in [4.78, 5) is 3.61. The molecule has 0 saturated heterocycles. The van der Waals surface area contributed by atoms with Gasteiger partial charge in [-0.3, -0.25) is 0 Å². The molecule has 3 aromatic rings. The average Bonchev–Trinajstić information content (AvgIpc) is 3.15. The van der Waals surface area contributed by atoms with Gasteiger partial charge in [0.2, 0.25) is 0 Å². The molecule has 3 heteroatoms. The second kappa shape index (κ2) is 11.3. The first-order valence-electron chi connectivity index (χ1n) is 14.4. The third-order valence-electron chi connectivity index (χ3n) is 9.18. The van der Waals surface area contributed by atoms with E-state index in [4.69, 9.17) is 0 Å². The van der Waals surface area contributed by atoms with Crippen molar-refractivity contribution in [1.82, 2.24) is 4.98 Å². The molecule has 2 aromatic carbocycles. The molecule has 37 heavy (non-hydrogen) atoms. The van der Waals surface area contributed by atoms with E-state index in [1.54, 1.807) is 0 Å². The number of hydrogen-bond acceptors (Lipinski definition) is 0. The van der Waals surface area contributed by atoms with E-state index in [0.29, 0.717) is 33.2 Å². The quantitative estimate of drug-likeness (QED) is 0.242. The summed E-state index contributed by atoms with van der Waals surface area (Å²) < 4.78 is 0. The van der Waals surface area contributed by atoms with Crippen molar-refractivity contribution in [2.24, 2.45) is 0 Å². The van der Waals surface area contributed by atoms with Crippen LogP contribution in [-0.2, 0) is 0 Å². The SMILES string of the molecule is CC(C)[Si](C#Cc1ccc2[nH]c3ccc(C#C[Si](C(C)C)(C(C)C)C(C)C)cc3c2c1)(C(C)C)C(C)C. The van der Waals surface area contributed by atoms with Crippen LogP contribution in [0.3, 0.4) is 0 Å². The minimum Gasteiger partial charge on any atom is -0.355 e. The van der Waals surface area contributed by atoms with Crippen molar-refractivity contribution < 1.29 is 0 Å². The highest BCUT2D eigenvalue weighted by Gasteiger charge is 2.42. The van der Waals surface area contributed by atoms with Gasteiger partial charge < -0.3 is 4.98 Å². The molecule has 0 unspecified atom stereocenters. The molecule has 1 aromatic heterocycles. The molecule has 1 nitrogen and oxygen atoms in total. The van der Waals surface area contributed by atoms with Crippen LogP contribution >= 0.6 is 0 Å². The topological polar surface area (TPSA) is 15.8 Å². The maximum Gasteiger partial charge on any atom is 0.146 e. The Labute approximate surface area is 229 Å². The number of aromatic amines is 1. The predicted molar refractivity (Wildman–Crippen MR) is 172 cm³/mol. The summed E-state index contributed by atoms with van der Waals surface area (Å²) in [7, 11) is -3.53. The third-order valence-corrected chi connectivity index (χ3v) is 21.8. The molecule has 0 fully saturated rings. The maximum atomic E-state index is 3.89. The first-order chi connectivity index (χ1) is 17.3. The number of nitrogens with one attached hydrogen (secondary N) is 1. The highest BCUT2D eigenvalue weighted by molar-refractivity contribution is 6.91. The summed E-state index contributed by atoms with van der Waals surface area (Å²) in [6.45, 7) is 28.5. The fraction of sp³-hybridized carbons (Fsp3) is 0.529. The lowest BCUT2D eigenvalue weighted by Gasteiger charge is -2.38. The van der Waals surface area contributed by atoms with Crippen molar-refractivity contribution in [3.8, 4) is 22.9 Å². The first kappa shape index (κ1) is 29.4. The van der Waals surface area contributed by atoms with Crippen molar-refractivity contribution in [3.63, 3.8) is 0 Å². The van der Waals surface area contributed by atoms with Crippen LogP contribution in [0.2, 0.25) is 33.2 Å². The lowest BCUT2D eigenvalue weighted by atomic mass is 10.1. The molecule has 0 atom stereocenters. The number of fused-ring (bicyclic) bond motifs is 3. The summed E-state index contributed by atoms with van der Waals surface area (Å²) in [5.74, 6) is 7.30. The van der Waals surface area contributed by atoms with Crippen molar-refractivity contribution in [3.05, 3.63) is 47.5 Å². The minimum absolute atomic E-state index is 0.635. The van der Waals surface area contributed by atoms with E-state index >= 15 is 0 Å². The summed E-state index contributed by atoms with van der Waals surface area (Å²) >= 11 is 0. The van der Waals surface area contributed by atoms with Crippen LogP contribution in [0.15, 0.2) is 36.4 Å². The lowest BCUT2D eigenvalue weighted by Crippen LogP contribution is -2.43. The zero-order chi connectivity index (χ0) is 27.7. The molecule has 0 aliphatic heterocycles. The first-order valence-corrected chi connectivity index (χ1v) is 18.9. The standard InChI is InChI=1S/C34H49NSi2/c1-23(2)36(24(3)4,25(5)6)19-17-29-13-15-33-31(21-29)32-22-30(14-16-34(32)35-33)18-20-37(26(7)8,27(9)10)28(11)12/h13-16,21-28,35H,1-12H3. The minimum atomic E-state index is -1.76. The summed E-state index contributed by atoms with van der Waals surface area (Å²) in [5.41, 5.74) is 16.2. The lowest BCUT2D eigenvalue weighted by molar-refractivity contribution is 0.838. The fourth-order valence-electron chi connectivity index (χ4n) is 7.28. The fourth-order valence-corrected chi connectivity index (χ4v) is 17.7. The van der Waals surface area contributed by atoms with Crippen molar-refractivity contribution in [2.45, 2.75) is 116 Å². The molecule has 0 aliphatic rings. The highest BCUT2D eigenvalue weighted by Crippen LogP contribution is 2.42. The van der Waals surface area contributed by atoms with Gasteiger partial charge >= 0.3 is 0 Å². The Bertz CT molecular complexity index is 1220. The van der Waals surface area contributed by atoms with Crippen LogP contribution < -0.4 is 0 Å². The van der Waals surface area contributed by atoms with Crippen LogP contribution in [0.4, 0.5) is 0 Å². The van der Waals surface area contributed by atoms with Gasteiger partial charge in [0.15, 0.2) is 0 Å². The average molecular weight is 528 g/mol. The Morgan fingerprint density at radius 2 is 0.784 bits per heavy atom. The van der Waals surface area contributed by atoms with Crippen LogP contribution in [0.25, 0.3) is 21.8 Å². The number of H-pyrrole nitrogens is 1. The van der Waals surface area contributed by atoms with Gasteiger partial charge in [0, 0.05) is 32.9 Å². The van der Waals surface area contributed by atoms with E-state index < -0.39 is 16.1 Å². The Hall–Kier alpha value is -2.21. The molecule has 1 heterocycles. The van der Waals surface area contributed by atoms with Crippen molar-refractivity contribution >= 4 is 38.0 Å². The van der Waals surface area contributed by atoms with Gasteiger partial charge in [-0.15, -0.1) is 11.1 Å². The highest BCUT2D eigenvalue weighted by atomic mass is 28.3.